The minimum absolute atomic E-state index is 0.313. The Kier molecular flexibility index (Phi) is 7.74. The van der Waals surface area contributed by atoms with Gasteiger partial charge in [-0.05, 0) is 52.7 Å². The van der Waals surface area contributed by atoms with Crippen molar-refractivity contribution in [2.24, 2.45) is 0 Å². The summed E-state index contributed by atoms with van der Waals surface area (Å²) in [4.78, 5) is 11.9. The number of hydrogen-bond donors (Lipinski definition) is 0. The molecule has 1 aromatic carbocycles. The van der Waals surface area contributed by atoms with E-state index < -0.39 is 0 Å². The molecule has 0 amide bonds. The second kappa shape index (κ2) is 9.30. The van der Waals surface area contributed by atoms with Gasteiger partial charge in [0.05, 0.1) is 18.3 Å². The largest absolute Gasteiger partial charge is 0.497 e. The number of benzene rings is 1. The van der Waals surface area contributed by atoms with Crippen molar-refractivity contribution in [1.29, 1.82) is 0 Å². The second-order valence-electron chi connectivity index (χ2n) is 4.20. The van der Waals surface area contributed by atoms with Crippen molar-refractivity contribution < 1.29 is 14.3 Å². The lowest BCUT2D eigenvalue weighted by Gasteiger charge is -2.11. The zero-order valence-electron chi connectivity index (χ0n) is 13.4. The third kappa shape index (κ3) is 4.63. The maximum Gasteiger partial charge on any atom is 0.354 e. The van der Waals surface area contributed by atoms with Crippen LogP contribution in [0.25, 0.3) is 0 Å². The van der Waals surface area contributed by atoms with E-state index in [4.69, 9.17) is 9.47 Å². The predicted molar refractivity (Wildman–Crippen MR) is 91.5 cm³/mol. The highest BCUT2D eigenvalue weighted by atomic mass is 79.9. The molecule has 0 aliphatic rings. The molecule has 0 saturated carbocycles. The summed E-state index contributed by atoms with van der Waals surface area (Å²) in [6.07, 6.45) is 0. The molecule has 0 saturated heterocycles. The number of aromatic nitrogens is 1. The highest BCUT2D eigenvalue weighted by molar-refractivity contribution is 9.10. The molecule has 1 aromatic heterocycles. The van der Waals surface area contributed by atoms with E-state index >= 15 is 0 Å². The monoisotopic (exact) mass is 367 g/mol. The van der Waals surface area contributed by atoms with E-state index in [2.05, 4.69) is 15.9 Å². The lowest BCUT2D eigenvalue weighted by Crippen LogP contribution is -2.13. The van der Waals surface area contributed by atoms with Gasteiger partial charge in [0.1, 0.15) is 11.4 Å². The summed E-state index contributed by atoms with van der Waals surface area (Å²) in [5, 5.41) is 0. The molecule has 5 heteroatoms. The molecule has 0 unspecified atom stereocenters. The highest BCUT2D eigenvalue weighted by Crippen LogP contribution is 2.20. The van der Waals surface area contributed by atoms with Crippen LogP contribution in [0.3, 0.4) is 0 Å². The van der Waals surface area contributed by atoms with Crippen LogP contribution >= 0.6 is 15.9 Å². The fourth-order valence-electron chi connectivity index (χ4n) is 1.90. The SMILES string of the molecule is CC.CCOC(=O)c1ccc(Br)n1Cc1ccc(OC)cc1. The molecule has 0 atom stereocenters. The van der Waals surface area contributed by atoms with Crippen LogP contribution in [-0.4, -0.2) is 24.3 Å². The number of nitrogens with zero attached hydrogens (tertiary/aromatic N) is 1. The Hall–Kier alpha value is -1.75. The number of carbonyl (C=O) groups excluding carboxylic acids is 1. The van der Waals surface area contributed by atoms with Crippen LogP contribution in [0.5, 0.6) is 5.75 Å². The van der Waals surface area contributed by atoms with Crippen molar-refractivity contribution in [3.8, 4) is 5.75 Å². The Morgan fingerprint density at radius 3 is 2.32 bits per heavy atom. The van der Waals surface area contributed by atoms with Gasteiger partial charge in [-0.1, -0.05) is 26.0 Å². The fourth-order valence-corrected chi connectivity index (χ4v) is 2.35. The Morgan fingerprint density at radius 1 is 1.14 bits per heavy atom. The first-order valence-corrected chi connectivity index (χ1v) is 8.10. The zero-order valence-corrected chi connectivity index (χ0v) is 15.0. The summed E-state index contributed by atoms with van der Waals surface area (Å²) >= 11 is 3.45. The molecule has 0 aliphatic heterocycles. The summed E-state index contributed by atoms with van der Waals surface area (Å²) in [7, 11) is 1.64. The maximum absolute atomic E-state index is 11.9. The smallest absolute Gasteiger partial charge is 0.354 e. The van der Waals surface area contributed by atoms with E-state index in [9.17, 15) is 4.79 Å². The number of halogens is 1. The van der Waals surface area contributed by atoms with Gasteiger partial charge in [0.25, 0.3) is 0 Å². The summed E-state index contributed by atoms with van der Waals surface area (Å²) < 4.78 is 12.9. The summed E-state index contributed by atoms with van der Waals surface area (Å²) in [5.41, 5.74) is 1.61. The Balaban J connectivity index is 0.00000116. The lowest BCUT2D eigenvalue weighted by atomic mass is 10.2. The number of rotatable bonds is 5. The van der Waals surface area contributed by atoms with Crippen LogP contribution in [0, 0.1) is 0 Å². The Morgan fingerprint density at radius 2 is 1.77 bits per heavy atom. The average Bonchev–Trinajstić information content (AvgIpc) is 2.91. The average molecular weight is 368 g/mol. The molecule has 0 bridgehead atoms. The fraction of sp³-hybridized carbons (Fsp3) is 0.353. The van der Waals surface area contributed by atoms with Gasteiger partial charge in [-0.15, -0.1) is 0 Å². The standard InChI is InChI=1S/C15H16BrNO3.C2H6/c1-3-20-15(18)13-8-9-14(16)17(13)10-11-4-6-12(19-2)7-5-11;1-2/h4-9H,3,10H2,1-2H3;1-2H3. The van der Waals surface area contributed by atoms with Gasteiger partial charge in [-0.25, -0.2) is 4.79 Å². The molecular weight excluding hydrogens is 346 g/mol. The second-order valence-corrected chi connectivity index (χ2v) is 5.01. The molecule has 0 N–H and O–H groups in total. The highest BCUT2D eigenvalue weighted by Gasteiger charge is 2.15. The van der Waals surface area contributed by atoms with Crippen LogP contribution in [0.1, 0.15) is 36.8 Å². The molecule has 22 heavy (non-hydrogen) atoms. The van der Waals surface area contributed by atoms with Crippen LogP contribution in [0.2, 0.25) is 0 Å². The number of esters is 1. The van der Waals surface area contributed by atoms with Crippen molar-refractivity contribution >= 4 is 21.9 Å². The minimum Gasteiger partial charge on any atom is -0.497 e. The van der Waals surface area contributed by atoms with E-state index in [-0.39, 0.29) is 5.97 Å². The molecule has 0 fully saturated rings. The van der Waals surface area contributed by atoms with E-state index in [1.807, 2.05) is 48.7 Å². The van der Waals surface area contributed by atoms with Gasteiger partial charge in [0, 0.05) is 6.54 Å². The van der Waals surface area contributed by atoms with E-state index in [0.29, 0.717) is 18.8 Å². The van der Waals surface area contributed by atoms with Crippen LogP contribution in [0.15, 0.2) is 41.0 Å². The van der Waals surface area contributed by atoms with Crippen molar-refractivity contribution in [2.75, 3.05) is 13.7 Å². The van der Waals surface area contributed by atoms with E-state index in [1.165, 1.54) is 0 Å². The predicted octanol–water partition coefficient (Wildman–Crippen LogP) is 4.51. The number of hydrogen-bond acceptors (Lipinski definition) is 3. The Labute approximate surface area is 140 Å². The molecule has 0 aliphatic carbocycles. The van der Waals surface area contributed by atoms with Crippen LogP contribution in [0.4, 0.5) is 0 Å². The third-order valence-corrected chi connectivity index (χ3v) is 3.60. The topological polar surface area (TPSA) is 40.5 Å². The number of methoxy groups -OCH3 is 1. The summed E-state index contributed by atoms with van der Waals surface area (Å²) in [5.74, 6) is 0.498. The van der Waals surface area contributed by atoms with E-state index in [0.717, 1.165) is 15.9 Å². The van der Waals surface area contributed by atoms with E-state index in [1.54, 1.807) is 20.1 Å². The number of carbonyl (C=O) groups is 1. The van der Waals surface area contributed by atoms with Gasteiger partial charge in [-0.3, -0.25) is 0 Å². The summed E-state index contributed by atoms with van der Waals surface area (Å²) in [6.45, 7) is 6.75. The molecule has 2 rings (SSSR count). The maximum atomic E-state index is 11.9. The van der Waals surface area contributed by atoms with Crippen molar-refractivity contribution in [2.45, 2.75) is 27.3 Å². The minimum atomic E-state index is -0.313. The van der Waals surface area contributed by atoms with Crippen molar-refractivity contribution in [1.82, 2.24) is 4.57 Å². The zero-order chi connectivity index (χ0) is 16.5. The van der Waals surface area contributed by atoms with Gasteiger partial charge in [-0.2, -0.15) is 0 Å². The number of ether oxygens (including phenoxy) is 2. The third-order valence-electron chi connectivity index (χ3n) is 2.91. The first-order chi connectivity index (χ1) is 10.7. The molecule has 1 heterocycles. The van der Waals surface area contributed by atoms with Gasteiger partial charge < -0.3 is 14.0 Å². The van der Waals surface area contributed by atoms with Gasteiger partial charge in [0.2, 0.25) is 0 Å². The van der Waals surface area contributed by atoms with Crippen LogP contribution in [-0.2, 0) is 11.3 Å². The van der Waals surface area contributed by atoms with Crippen LogP contribution < -0.4 is 4.74 Å². The summed E-state index contributed by atoms with van der Waals surface area (Å²) in [6, 6.07) is 11.3. The first-order valence-electron chi connectivity index (χ1n) is 7.30. The molecular formula is C17H22BrNO3. The molecule has 0 radical (unpaired) electrons. The Bertz CT molecular complexity index is 590. The van der Waals surface area contributed by atoms with Gasteiger partial charge in [0.15, 0.2) is 0 Å². The quantitative estimate of drug-likeness (QED) is 0.729. The molecule has 120 valence electrons. The molecule has 0 spiro atoms. The molecule has 2 aromatic rings. The van der Waals surface area contributed by atoms with Crippen molar-refractivity contribution in [3.05, 3.63) is 52.3 Å². The van der Waals surface area contributed by atoms with Crippen molar-refractivity contribution in [3.63, 3.8) is 0 Å². The normalized spacial score (nSPS) is 9.68. The lowest BCUT2D eigenvalue weighted by molar-refractivity contribution is 0.0514. The molecule has 4 nitrogen and oxygen atoms in total. The van der Waals surface area contributed by atoms with Gasteiger partial charge >= 0.3 is 5.97 Å². The first kappa shape index (κ1) is 18.3.